The van der Waals surface area contributed by atoms with Crippen molar-refractivity contribution in [3.8, 4) is 0 Å². The van der Waals surface area contributed by atoms with Crippen molar-refractivity contribution in [3.05, 3.63) is 12.2 Å². The van der Waals surface area contributed by atoms with Crippen molar-refractivity contribution in [2.45, 2.75) is 69.8 Å². The molecule has 0 unspecified atom stereocenters. The fourth-order valence-corrected chi connectivity index (χ4v) is 3.41. The molecule has 0 atom stereocenters. The van der Waals surface area contributed by atoms with Crippen molar-refractivity contribution in [2.24, 2.45) is 5.92 Å². The smallest absolute Gasteiger partial charge is 0.333 e. The number of halogens is 2. The normalized spacial score (nSPS) is 26.1. The van der Waals surface area contributed by atoms with Crippen molar-refractivity contribution >= 4 is 5.97 Å². The monoisotopic (exact) mass is 272 g/mol. The van der Waals surface area contributed by atoms with Crippen LogP contribution in [0, 0.1) is 5.92 Å². The Bertz CT molecular complexity index is 360. The Kier molecular flexibility index (Phi) is 3.98. The van der Waals surface area contributed by atoms with Crippen LogP contribution >= 0.6 is 0 Å². The molecule has 0 amide bonds. The van der Waals surface area contributed by atoms with Crippen molar-refractivity contribution < 1.29 is 18.3 Å². The molecule has 0 radical (unpaired) electrons. The number of alkyl halides is 2. The highest BCUT2D eigenvalue weighted by atomic mass is 19.3. The Labute approximate surface area is 113 Å². The molecule has 2 rings (SSSR count). The molecule has 0 N–H and O–H groups in total. The van der Waals surface area contributed by atoms with Gasteiger partial charge >= 0.3 is 5.97 Å². The summed E-state index contributed by atoms with van der Waals surface area (Å²) in [6.07, 6.45) is 4.39. The van der Waals surface area contributed by atoms with Crippen LogP contribution in [0.15, 0.2) is 12.2 Å². The van der Waals surface area contributed by atoms with E-state index in [0.717, 1.165) is 25.7 Å². The zero-order valence-electron chi connectivity index (χ0n) is 11.5. The summed E-state index contributed by atoms with van der Waals surface area (Å²) in [6, 6.07) is 0. The van der Waals surface area contributed by atoms with E-state index in [1.807, 2.05) is 0 Å². The number of ether oxygens (including phenoxy) is 1. The zero-order chi connectivity index (χ0) is 14.1. The second-order valence-electron chi connectivity index (χ2n) is 6.07. The van der Waals surface area contributed by atoms with Crippen LogP contribution in [0.1, 0.15) is 58.3 Å². The predicted octanol–water partition coefficient (Wildman–Crippen LogP) is 4.24. The molecule has 0 aromatic carbocycles. The Hall–Kier alpha value is -0.930. The average molecular weight is 272 g/mol. The lowest BCUT2D eigenvalue weighted by Crippen LogP contribution is -2.43. The Morgan fingerprint density at radius 2 is 1.68 bits per heavy atom. The number of rotatable bonds is 3. The van der Waals surface area contributed by atoms with E-state index in [9.17, 15) is 13.6 Å². The van der Waals surface area contributed by atoms with Crippen LogP contribution in [0.25, 0.3) is 0 Å². The number of carbonyl (C=O) groups excluding carboxylic acids is 1. The first-order valence-corrected chi connectivity index (χ1v) is 7.11. The summed E-state index contributed by atoms with van der Waals surface area (Å²) in [5.74, 6) is -2.83. The molecule has 2 saturated carbocycles. The lowest BCUT2D eigenvalue weighted by Gasteiger charge is -2.41. The van der Waals surface area contributed by atoms with Crippen LogP contribution < -0.4 is 0 Å². The second-order valence-corrected chi connectivity index (χ2v) is 6.07. The molecule has 0 aromatic heterocycles. The molecule has 4 heteroatoms. The number of hydrogen-bond donors (Lipinski definition) is 0. The Morgan fingerprint density at radius 1 is 1.16 bits per heavy atom. The van der Waals surface area contributed by atoms with Gasteiger partial charge in [-0.3, -0.25) is 0 Å². The summed E-state index contributed by atoms with van der Waals surface area (Å²) in [7, 11) is 0. The maximum absolute atomic E-state index is 13.3. The molecular formula is C15H22F2O2. The maximum Gasteiger partial charge on any atom is 0.333 e. The van der Waals surface area contributed by atoms with Gasteiger partial charge in [0.1, 0.15) is 5.60 Å². The third-order valence-electron chi connectivity index (χ3n) is 4.56. The highest BCUT2D eigenvalue weighted by molar-refractivity contribution is 5.87. The van der Waals surface area contributed by atoms with Crippen LogP contribution in [0.4, 0.5) is 8.78 Å². The van der Waals surface area contributed by atoms with E-state index in [0.29, 0.717) is 18.4 Å². The van der Waals surface area contributed by atoms with E-state index in [1.165, 1.54) is 0 Å². The van der Waals surface area contributed by atoms with Gasteiger partial charge in [-0.2, -0.15) is 0 Å². The third kappa shape index (κ3) is 3.15. The van der Waals surface area contributed by atoms with Gasteiger partial charge in [0.25, 0.3) is 0 Å². The van der Waals surface area contributed by atoms with Crippen molar-refractivity contribution in [3.63, 3.8) is 0 Å². The van der Waals surface area contributed by atoms with Gasteiger partial charge in [-0.1, -0.05) is 6.58 Å². The van der Waals surface area contributed by atoms with E-state index >= 15 is 0 Å². The van der Waals surface area contributed by atoms with Gasteiger partial charge < -0.3 is 4.74 Å². The minimum Gasteiger partial charge on any atom is -0.455 e. The Balaban J connectivity index is 2.07. The fourth-order valence-electron chi connectivity index (χ4n) is 3.41. The van der Waals surface area contributed by atoms with Gasteiger partial charge in [0.05, 0.1) is 0 Å². The first-order valence-electron chi connectivity index (χ1n) is 7.11. The van der Waals surface area contributed by atoms with Crippen molar-refractivity contribution in [1.82, 2.24) is 0 Å². The summed E-state index contributed by atoms with van der Waals surface area (Å²) < 4.78 is 32.2. The van der Waals surface area contributed by atoms with E-state index in [1.54, 1.807) is 6.92 Å². The molecule has 19 heavy (non-hydrogen) atoms. The minimum absolute atomic E-state index is 0.0793. The van der Waals surface area contributed by atoms with E-state index in [2.05, 4.69) is 6.58 Å². The number of hydrogen-bond acceptors (Lipinski definition) is 2. The largest absolute Gasteiger partial charge is 0.455 e. The molecule has 108 valence electrons. The lowest BCUT2D eigenvalue weighted by atomic mass is 9.74. The van der Waals surface area contributed by atoms with Crippen LogP contribution in [0.3, 0.4) is 0 Å². The van der Waals surface area contributed by atoms with E-state index in [-0.39, 0.29) is 24.7 Å². The highest BCUT2D eigenvalue weighted by Crippen LogP contribution is 2.48. The van der Waals surface area contributed by atoms with Gasteiger partial charge in [0.2, 0.25) is 5.92 Å². The predicted molar refractivity (Wildman–Crippen MR) is 69.0 cm³/mol. The standard InChI is InChI=1S/C15H22F2O2/c1-11(2)13(18)19-14(7-3-4-8-14)12-5-9-15(16,17)10-6-12/h12H,1,3-10H2,2H3. The fraction of sp³-hybridized carbons (Fsp3) is 0.800. The number of carbonyl (C=O) groups is 1. The summed E-state index contributed by atoms with van der Waals surface area (Å²) >= 11 is 0. The Morgan fingerprint density at radius 3 is 2.16 bits per heavy atom. The molecule has 0 heterocycles. The van der Waals surface area contributed by atoms with Crippen LogP contribution in [-0.4, -0.2) is 17.5 Å². The molecule has 0 aromatic rings. The molecule has 2 aliphatic carbocycles. The van der Waals surface area contributed by atoms with Gasteiger partial charge in [-0.05, 0) is 51.4 Å². The first kappa shape index (κ1) is 14.5. The van der Waals surface area contributed by atoms with Gasteiger partial charge in [-0.15, -0.1) is 0 Å². The third-order valence-corrected chi connectivity index (χ3v) is 4.56. The summed E-state index contributed by atoms with van der Waals surface area (Å²) in [5, 5.41) is 0. The number of esters is 1. The molecule has 2 nitrogen and oxygen atoms in total. The molecule has 0 bridgehead atoms. The van der Waals surface area contributed by atoms with Gasteiger partial charge in [0.15, 0.2) is 0 Å². The summed E-state index contributed by atoms with van der Waals surface area (Å²) in [6.45, 7) is 5.23. The quantitative estimate of drug-likeness (QED) is 0.567. The molecular weight excluding hydrogens is 250 g/mol. The first-order chi connectivity index (χ1) is 8.85. The molecule has 0 saturated heterocycles. The second kappa shape index (κ2) is 5.22. The molecule has 0 spiro atoms. The highest BCUT2D eigenvalue weighted by Gasteiger charge is 2.48. The van der Waals surface area contributed by atoms with Crippen molar-refractivity contribution in [2.75, 3.05) is 0 Å². The topological polar surface area (TPSA) is 26.3 Å². The lowest BCUT2D eigenvalue weighted by molar-refractivity contribution is -0.166. The summed E-state index contributed by atoms with van der Waals surface area (Å²) in [5.41, 5.74) is -0.126. The molecule has 2 aliphatic rings. The van der Waals surface area contributed by atoms with E-state index in [4.69, 9.17) is 4.74 Å². The van der Waals surface area contributed by atoms with E-state index < -0.39 is 11.5 Å². The van der Waals surface area contributed by atoms with Crippen molar-refractivity contribution in [1.29, 1.82) is 0 Å². The van der Waals surface area contributed by atoms with Crippen LogP contribution in [0.5, 0.6) is 0 Å². The SMILES string of the molecule is C=C(C)C(=O)OC1(C2CCC(F)(F)CC2)CCCC1. The summed E-state index contributed by atoms with van der Waals surface area (Å²) in [4.78, 5) is 11.8. The zero-order valence-corrected chi connectivity index (χ0v) is 11.5. The van der Waals surface area contributed by atoms with Gasteiger partial charge in [-0.25, -0.2) is 13.6 Å². The van der Waals surface area contributed by atoms with Gasteiger partial charge in [0, 0.05) is 18.4 Å². The molecule has 2 fully saturated rings. The minimum atomic E-state index is -2.53. The van der Waals surface area contributed by atoms with Crippen LogP contribution in [0.2, 0.25) is 0 Å². The average Bonchev–Trinajstić information content (AvgIpc) is 2.78. The molecule has 0 aliphatic heterocycles. The maximum atomic E-state index is 13.3. The van der Waals surface area contributed by atoms with Crippen LogP contribution in [-0.2, 0) is 9.53 Å².